The van der Waals surface area contributed by atoms with E-state index >= 15 is 0 Å². The van der Waals surface area contributed by atoms with E-state index in [4.69, 9.17) is 9.47 Å². The Labute approximate surface area is 177 Å². The lowest BCUT2D eigenvalue weighted by Crippen LogP contribution is -2.56. The molecule has 0 aliphatic rings. The molecule has 2 N–H and O–H groups in total. The number of amides is 2. The third-order valence-electron chi connectivity index (χ3n) is 4.94. The third kappa shape index (κ3) is 7.08. The number of ether oxygens (including phenoxy) is 2. The number of rotatable bonds is 9. The summed E-state index contributed by atoms with van der Waals surface area (Å²) in [4.78, 5) is 25.1. The van der Waals surface area contributed by atoms with Gasteiger partial charge in [-0.1, -0.05) is 87.4 Å². The van der Waals surface area contributed by atoms with Crippen molar-refractivity contribution in [1.29, 1.82) is 0 Å². The normalized spacial score (nSPS) is 11.6. The Bertz CT molecular complexity index is 766. The van der Waals surface area contributed by atoms with E-state index in [1.165, 1.54) is 0 Å². The van der Waals surface area contributed by atoms with E-state index in [1.54, 1.807) is 0 Å². The molecule has 162 valence electrons. The van der Waals surface area contributed by atoms with E-state index in [9.17, 15) is 14.7 Å². The van der Waals surface area contributed by atoms with Crippen LogP contribution in [0.2, 0.25) is 0 Å². The molecule has 0 saturated heterocycles. The molecule has 0 aromatic heterocycles. The number of nitrogens with one attached hydrogen (secondary N) is 1. The van der Waals surface area contributed by atoms with Gasteiger partial charge in [-0.3, -0.25) is 0 Å². The Balaban J connectivity index is 2.06. The van der Waals surface area contributed by atoms with Crippen LogP contribution in [0.15, 0.2) is 60.7 Å². The second-order valence-corrected chi connectivity index (χ2v) is 6.91. The summed E-state index contributed by atoms with van der Waals surface area (Å²) in [5, 5.41) is 11.0. The molecular weight excluding hydrogens is 384 g/mol. The van der Waals surface area contributed by atoms with Crippen LogP contribution in [-0.4, -0.2) is 35.0 Å². The molecule has 0 saturated carbocycles. The van der Waals surface area contributed by atoms with Gasteiger partial charge in [0.05, 0.1) is 12.6 Å². The molecule has 0 radical (unpaired) electrons. The molecule has 1 atom stereocenters. The van der Waals surface area contributed by atoms with Gasteiger partial charge in [-0.15, -0.1) is 0 Å². The Morgan fingerprint density at radius 1 is 0.900 bits per heavy atom. The van der Waals surface area contributed by atoms with Crippen molar-refractivity contribution in [1.82, 2.24) is 10.4 Å². The van der Waals surface area contributed by atoms with Gasteiger partial charge in [-0.2, -0.15) is 0 Å². The lowest BCUT2D eigenvalue weighted by atomic mass is 9.94. The molecule has 1 unspecified atom stereocenters. The van der Waals surface area contributed by atoms with Crippen molar-refractivity contribution in [2.24, 2.45) is 5.92 Å². The molecule has 0 fully saturated rings. The van der Waals surface area contributed by atoms with Crippen molar-refractivity contribution in [3.63, 3.8) is 0 Å². The first-order valence-electron chi connectivity index (χ1n) is 10.2. The molecule has 0 spiro atoms. The largest absolute Gasteiger partial charge is 0.443 e. The van der Waals surface area contributed by atoms with Crippen LogP contribution in [0.3, 0.4) is 0 Å². The molecule has 2 amide bonds. The molecule has 7 nitrogen and oxygen atoms in total. The molecule has 2 aromatic carbocycles. The van der Waals surface area contributed by atoms with Crippen LogP contribution >= 0.6 is 0 Å². The number of aliphatic hydroxyl groups excluding tert-OH is 1. The minimum absolute atomic E-state index is 0.0197. The maximum absolute atomic E-state index is 12.8. The fraction of sp³-hybridized carbons (Fsp3) is 0.391. The van der Waals surface area contributed by atoms with Crippen LogP contribution in [0.4, 0.5) is 9.59 Å². The van der Waals surface area contributed by atoms with Crippen LogP contribution in [0.25, 0.3) is 0 Å². The van der Waals surface area contributed by atoms with Crippen molar-refractivity contribution >= 4 is 12.2 Å². The van der Waals surface area contributed by atoms with Crippen molar-refractivity contribution in [3.05, 3.63) is 71.8 Å². The lowest BCUT2D eigenvalue weighted by molar-refractivity contribution is 0.0137. The highest BCUT2D eigenvalue weighted by molar-refractivity contribution is 5.74. The van der Waals surface area contributed by atoms with Gasteiger partial charge in [0, 0.05) is 0 Å². The topological polar surface area (TPSA) is 88.1 Å². The van der Waals surface area contributed by atoms with Crippen molar-refractivity contribution in [2.45, 2.75) is 45.9 Å². The SMILES string of the molecule is CCC(CC)C(CO)N(NC(=O)OCc1ccccc1)C(=O)OCc1ccccc1. The Kier molecular flexibility index (Phi) is 9.67. The number of benzene rings is 2. The molecular formula is C23H30N2O5. The summed E-state index contributed by atoms with van der Waals surface area (Å²) in [5.41, 5.74) is 4.10. The summed E-state index contributed by atoms with van der Waals surface area (Å²) in [7, 11) is 0. The van der Waals surface area contributed by atoms with Gasteiger partial charge in [-0.05, 0) is 17.0 Å². The Morgan fingerprint density at radius 2 is 1.40 bits per heavy atom. The van der Waals surface area contributed by atoms with E-state index in [-0.39, 0.29) is 25.7 Å². The molecule has 0 bridgehead atoms. The molecule has 2 aromatic rings. The van der Waals surface area contributed by atoms with Gasteiger partial charge in [0.15, 0.2) is 0 Å². The van der Waals surface area contributed by atoms with Gasteiger partial charge < -0.3 is 14.6 Å². The number of aliphatic hydroxyl groups is 1. The quantitative estimate of drug-likeness (QED) is 0.599. The van der Waals surface area contributed by atoms with E-state index in [1.807, 2.05) is 74.5 Å². The fourth-order valence-corrected chi connectivity index (χ4v) is 3.18. The smallest absolute Gasteiger partial charge is 0.429 e. The molecule has 0 heterocycles. The number of hydrazine groups is 1. The highest BCUT2D eigenvalue weighted by Crippen LogP contribution is 2.19. The second-order valence-electron chi connectivity index (χ2n) is 6.91. The van der Waals surface area contributed by atoms with Crippen molar-refractivity contribution in [3.8, 4) is 0 Å². The summed E-state index contributed by atoms with van der Waals surface area (Å²) in [6.07, 6.45) is -0.0861. The standard InChI is InChI=1S/C23H30N2O5/c1-3-20(4-2)21(15-26)25(23(28)30-17-19-13-9-6-10-14-19)24-22(27)29-16-18-11-7-5-8-12-18/h5-14,20-21,26H,3-4,15-17H2,1-2H3,(H,24,27). The zero-order chi connectivity index (χ0) is 21.8. The summed E-state index contributed by atoms with van der Waals surface area (Å²) in [5.74, 6) is -0.0197. The second kappa shape index (κ2) is 12.5. The van der Waals surface area contributed by atoms with Crippen molar-refractivity contribution in [2.75, 3.05) is 6.61 Å². The molecule has 0 aliphatic heterocycles. The average molecular weight is 415 g/mol. The monoisotopic (exact) mass is 414 g/mol. The number of carbonyl (C=O) groups excluding carboxylic acids is 2. The summed E-state index contributed by atoms with van der Waals surface area (Å²) in [6.45, 7) is 3.74. The third-order valence-corrected chi connectivity index (χ3v) is 4.94. The zero-order valence-corrected chi connectivity index (χ0v) is 17.5. The van der Waals surface area contributed by atoms with Crippen LogP contribution in [0.1, 0.15) is 37.8 Å². The first-order chi connectivity index (χ1) is 14.6. The fourth-order valence-electron chi connectivity index (χ4n) is 3.18. The molecule has 0 aliphatic carbocycles. The minimum Gasteiger partial charge on any atom is -0.443 e. The van der Waals surface area contributed by atoms with Crippen LogP contribution in [0.5, 0.6) is 0 Å². The van der Waals surface area contributed by atoms with Gasteiger partial charge >= 0.3 is 12.2 Å². The number of hydrogen-bond donors (Lipinski definition) is 2. The van der Waals surface area contributed by atoms with Crippen LogP contribution in [0, 0.1) is 5.92 Å². The highest BCUT2D eigenvalue weighted by Gasteiger charge is 2.32. The lowest BCUT2D eigenvalue weighted by Gasteiger charge is -2.34. The van der Waals surface area contributed by atoms with Crippen LogP contribution in [-0.2, 0) is 22.7 Å². The highest BCUT2D eigenvalue weighted by atomic mass is 16.6. The van der Waals surface area contributed by atoms with Crippen LogP contribution < -0.4 is 5.43 Å². The maximum atomic E-state index is 12.8. The summed E-state index contributed by atoms with van der Waals surface area (Å²) < 4.78 is 10.6. The summed E-state index contributed by atoms with van der Waals surface area (Å²) in [6, 6.07) is 17.8. The Hall–Kier alpha value is -3.06. The van der Waals surface area contributed by atoms with Gasteiger partial charge in [0.1, 0.15) is 13.2 Å². The first kappa shape index (κ1) is 23.2. The molecule has 2 rings (SSSR count). The Morgan fingerprint density at radius 3 is 1.87 bits per heavy atom. The van der Waals surface area contributed by atoms with E-state index in [2.05, 4.69) is 5.43 Å². The maximum Gasteiger partial charge on any atom is 0.429 e. The predicted molar refractivity (Wildman–Crippen MR) is 113 cm³/mol. The van der Waals surface area contributed by atoms with E-state index in [0.717, 1.165) is 29.0 Å². The minimum atomic E-state index is -0.792. The van der Waals surface area contributed by atoms with Gasteiger partial charge in [-0.25, -0.2) is 20.0 Å². The predicted octanol–water partition coefficient (Wildman–Crippen LogP) is 4.26. The first-order valence-corrected chi connectivity index (χ1v) is 10.2. The van der Waals surface area contributed by atoms with Crippen molar-refractivity contribution < 1.29 is 24.2 Å². The van der Waals surface area contributed by atoms with E-state index in [0.29, 0.717) is 0 Å². The number of carbonyl (C=O) groups is 2. The molecule has 30 heavy (non-hydrogen) atoms. The molecule has 7 heteroatoms. The van der Waals surface area contributed by atoms with Gasteiger partial charge in [0.2, 0.25) is 0 Å². The van der Waals surface area contributed by atoms with Gasteiger partial charge in [0.25, 0.3) is 0 Å². The number of hydrogen-bond acceptors (Lipinski definition) is 5. The van der Waals surface area contributed by atoms with E-state index < -0.39 is 18.2 Å². The zero-order valence-electron chi connectivity index (χ0n) is 17.5. The average Bonchev–Trinajstić information content (AvgIpc) is 2.79. The number of nitrogens with zero attached hydrogens (tertiary/aromatic N) is 1. The summed E-state index contributed by atoms with van der Waals surface area (Å²) >= 11 is 0.